The first-order valence-electron chi connectivity index (χ1n) is 11.1. The van der Waals surface area contributed by atoms with E-state index in [1.165, 1.54) is 42.2 Å². The molecular weight excluding hydrogens is 490 g/mol. The molecule has 1 fully saturated rings. The lowest BCUT2D eigenvalue weighted by atomic mass is 10.0. The Morgan fingerprint density at radius 2 is 1.97 bits per heavy atom. The van der Waals surface area contributed by atoms with Crippen molar-refractivity contribution in [2.75, 3.05) is 32.3 Å². The number of anilines is 1. The van der Waals surface area contributed by atoms with Gasteiger partial charge in [-0.3, -0.25) is 28.8 Å². The molecule has 1 aromatic heterocycles. The predicted molar refractivity (Wildman–Crippen MR) is 128 cm³/mol. The number of piperazine rings is 1. The van der Waals surface area contributed by atoms with E-state index >= 15 is 0 Å². The second kappa shape index (κ2) is 12.0. The standard InChI is InChI=1S/C23H29N5O7S/c1-16-23(31)25(2)14-19(11-21(29)28(32)18-6-8-20(35-3)9-7-18)27(16)22(30)15-26(36(33)34)13-17-5-4-10-24-12-17/h4-10,12,16,19,32H,11,13-15H2,1-3H3,(H,33,34)/p-1. The number of rotatable bonds is 9. The maximum absolute atomic E-state index is 13.3. The van der Waals surface area contributed by atoms with Crippen molar-refractivity contribution >= 4 is 34.7 Å². The zero-order valence-electron chi connectivity index (χ0n) is 20.1. The number of ether oxygens (including phenoxy) is 1. The minimum Gasteiger partial charge on any atom is -0.760 e. The first-order valence-corrected chi connectivity index (χ1v) is 12.1. The number of amides is 3. The monoisotopic (exact) mass is 518 g/mol. The highest BCUT2D eigenvalue weighted by Gasteiger charge is 2.41. The van der Waals surface area contributed by atoms with Gasteiger partial charge in [-0.25, -0.2) is 4.31 Å². The highest BCUT2D eigenvalue weighted by atomic mass is 32.2. The van der Waals surface area contributed by atoms with Gasteiger partial charge in [-0.1, -0.05) is 6.07 Å². The summed E-state index contributed by atoms with van der Waals surface area (Å²) in [6.07, 6.45) is 2.74. The van der Waals surface area contributed by atoms with E-state index in [1.807, 2.05) is 0 Å². The molecule has 0 radical (unpaired) electrons. The molecule has 1 aliphatic heterocycles. The van der Waals surface area contributed by atoms with E-state index in [4.69, 9.17) is 4.74 Å². The van der Waals surface area contributed by atoms with Crippen molar-refractivity contribution in [3.8, 4) is 5.75 Å². The normalized spacial score (nSPS) is 18.8. The predicted octanol–water partition coefficient (Wildman–Crippen LogP) is 0.557. The van der Waals surface area contributed by atoms with Gasteiger partial charge in [-0.05, 0) is 42.8 Å². The lowest BCUT2D eigenvalue weighted by Gasteiger charge is -2.44. The van der Waals surface area contributed by atoms with E-state index in [0.29, 0.717) is 16.4 Å². The van der Waals surface area contributed by atoms with Crippen LogP contribution in [-0.2, 0) is 32.2 Å². The third-order valence-corrected chi connectivity index (χ3v) is 6.56. The fourth-order valence-electron chi connectivity index (χ4n) is 4.08. The number of nitrogens with zero attached hydrogens (tertiary/aromatic N) is 5. The molecular formula is C23H28N5O7S-. The Hall–Kier alpha value is -3.39. The number of hydroxylamine groups is 1. The molecule has 3 unspecified atom stereocenters. The number of likely N-dealkylation sites (N-methyl/N-ethyl adjacent to an activating group) is 1. The van der Waals surface area contributed by atoms with Crippen LogP contribution in [0.1, 0.15) is 18.9 Å². The van der Waals surface area contributed by atoms with Gasteiger partial charge < -0.3 is 19.1 Å². The van der Waals surface area contributed by atoms with Crippen LogP contribution in [0.5, 0.6) is 5.75 Å². The number of benzene rings is 1. The molecule has 1 aromatic carbocycles. The van der Waals surface area contributed by atoms with Crippen molar-refractivity contribution in [2.45, 2.75) is 32.0 Å². The molecule has 3 rings (SSSR count). The van der Waals surface area contributed by atoms with E-state index in [0.717, 1.165) is 4.31 Å². The maximum atomic E-state index is 13.3. The molecule has 1 N–H and O–H groups in total. The van der Waals surface area contributed by atoms with Gasteiger partial charge >= 0.3 is 0 Å². The molecule has 12 nitrogen and oxygen atoms in total. The summed E-state index contributed by atoms with van der Waals surface area (Å²) in [4.78, 5) is 45.4. The van der Waals surface area contributed by atoms with Crippen LogP contribution in [-0.4, -0.2) is 90.1 Å². The lowest BCUT2D eigenvalue weighted by molar-refractivity contribution is -0.155. The second-order valence-electron chi connectivity index (χ2n) is 8.33. The molecule has 0 spiro atoms. The Kier molecular flexibility index (Phi) is 9.09. The molecule has 1 aliphatic rings. The largest absolute Gasteiger partial charge is 0.760 e. The average Bonchev–Trinajstić information content (AvgIpc) is 2.87. The van der Waals surface area contributed by atoms with Gasteiger partial charge in [0.05, 0.1) is 31.8 Å². The summed E-state index contributed by atoms with van der Waals surface area (Å²) in [6.45, 7) is 0.947. The molecule has 1 saturated heterocycles. The van der Waals surface area contributed by atoms with Gasteiger partial charge in [0.1, 0.15) is 11.8 Å². The van der Waals surface area contributed by atoms with Crippen LogP contribution >= 0.6 is 0 Å². The minimum absolute atomic E-state index is 0.0418. The molecule has 0 saturated carbocycles. The first kappa shape index (κ1) is 27.2. The topological polar surface area (TPSA) is 147 Å². The van der Waals surface area contributed by atoms with Gasteiger partial charge in [0, 0.05) is 43.8 Å². The highest BCUT2D eigenvalue weighted by Crippen LogP contribution is 2.23. The Bertz CT molecular complexity index is 1100. The van der Waals surface area contributed by atoms with E-state index in [2.05, 4.69) is 4.98 Å². The van der Waals surface area contributed by atoms with Crippen LogP contribution in [0.25, 0.3) is 0 Å². The number of hydrogen-bond acceptors (Lipinski definition) is 8. The van der Waals surface area contributed by atoms with Crippen LogP contribution in [0.3, 0.4) is 0 Å². The van der Waals surface area contributed by atoms with Crippen molar-refractivity contribution in [2.24, 2.45) is 0 Å². The van der Waals surface area contributed by atoms with Gasteiger partial charge in [-0.2, -0.15) is 5.06 Å². The number of carbonyl (C=O) groups is 3. The van der Waals surface area contributed by atoms with Gasteiger partial charge in [-0.15, -0.1) is 0 Å². The zero-order chi connectivity index (χ0) is 26.4. The highest BCUT2D eigenvalue weighted by molar-refractivity contribution is 7.76. The molecule has 3 amide bonds. The third-order valence-electron chi connectivity index (χ3n) is 5.88. The van der Waals surface area contributed by atoms with Crippen molar-refractivity contribution in [3.63, 3.8) is 0 Å². The van der Waals surface area contributed by atoms with Crippen molar-refractivity contribution < 1.29 is 33.1 Å². The van der Waals surface area contributed by atoms with Gasteiger partial charge in [0.2, 0.25) is 11.8 Å². The quantitative estimate of drug-likeness (QED) is 0.288. The fourth-order valence-corrected chi connectivity index (χ4v) is 4.55. The smallest absolute Gasteiger partial charge is 0.252 e. The second-order valence-corrected chi connectivity index (χ2v) is 9.28. The lowest BCUT2D eigenvalue weighted by Crippen LogP contribution is -2.63. The summed E-state index contributed by atoms with van der Waals surface area (Å²) in [5, 5.41) is 10.9. The summed E-state index contributed by atoms with van der Waals surface area (Å²) in [7, 11) is 3.05. The fraction of sp³-hybridized carbons (Fsp3) is 0.391. The number of carbonyl (C=O) groups excluding carboxylic acids is 3. The molecule has 3 atom stereocenters. The summed E-state index contributed by atoms with van der Waals surface area (Å²) in [5.74, 6) is -1.13. The Balaban J connectivity index is 1.77. The summed E-state index contributed by atoms with van der Waals surface area (Å²) in [6, 6.07) is 7.77. The summed E-state index contributed by atoms with van der Waals surface area (Å²) < 4.78 is 29.6. The van der Waals surface area contributed by atoms with Crippen LogP contribution in [0.2, 0.25) is 0 Å². The Morgan fingerprint density at radius 3 is 2.56 bits per heavy atom. The van der Waals surface area contributed by atoms with Gasteiger partial charge in [0.25, 0.3) is 5.91 Å². The Morgan fingerprint density at radius 1 is 1.28 bits per heavy atom. The number of methoxy groups -OCH3 is 1. The third kappa shape index (κ3) is 6.43. The number of pyridine rings is 1. The average molecular weight is 519 g/mol. The number of hydrogen-bond donors (Lipinski definition) is 1. The van der Waals surface area contributed by atoms with Crippen LogP contribution < -0.4 is 9.80 Å². The summed E-state index contributed by atoms with van der Waals surface area (Å²) in [5.41, 5.74) is 0.788. The first-order chi connectivity index (χ1) is 17.1. The molecule has 2 heterocycles. The molecule has 0 bridgehead atoms. The van der Waals surface area contributed by atoms with Crippen LogP contribution in [0.4, 0.5) is 5.69 Å². The summed E-state index contributed by atoms with van der Waals surface area (Å²) >= 11 is -2.73. The zero-order valence-corrected chi connectivity index (χ0v) is 21.0. The van der Waals surface area contributed by atoms with E-state index in [9.17, 15) is 28.4 Å². The minimum atomic E-state index is -2.73. The van der Waals surface area contributed by atoms with E-state index in [1.54, 1.807) is 37.5 Å². The molecule has 36 heavy (non-hydrogen) atoms. The van der Waals surface area contributed by atoms with Crippen LogP contribution in [0, 0.1) is 0 Å². The van der Waals surface area contributed by atoms with Crippen molar-refractivity contribution in [1.29, 1.82) is 0 Å². The SMILES string of the molecule is COc1ccc(N(O)C(=O)CC2CN(C)C(=O)C(C)N2C(=O)CN(Cc2cccnc2)S(=O)[O-])cc1. The van der Waals surface area contributed by atoms with E-state index < -0.39 is 41.7 Å². The van der Waals surface area contributed by atoms with E-state index in [-0.39, 0.29) is 31.1 Å². The number of aromatic nitrogens is 1. The molecule has 194 valence electrons. The Labute approximate surface area is 211 Å². The van der Waals surface area contributed by atoms with Gasteiger partial charge in [0.15, 0.2) is 0 Å². The maximum Gasteiger partial charge on any atom is 0.252 e. The van der Waals surface area contributed by atoms with Crippen molar-refractivity contribution in [3.05, 3.63) is 54.4 Å². The molecule has 0 aliphatic carbocycles. The molecule has 2 aromatic rings. The molecule has 13 heteroatoms. The van der Waals surface area contributed by atoms with Crippen molar-refractivity contribution in [1.82, 2.24) is 19.1 Å². The van der Waals surface area contributed by atoms with Crippen LogP contribution in [0.15, 0.2) is 48.8 Å².